The molecule has 3 N–H and O–H groups in total. The smallest absolute Gasteiger partial charge is 0.230 e. The first-order valence-corrected chi connectivity index (χ1v) is 10.4. The number of nitrogens with one attached hydrogen (secondary N) is 1. The zero-order valence-electron chi connectivity index (χ0n) is 15.8. The van der Waals surface area contributed by atoms with Crippen LogP contribution in [0.5, 0.6) is 0 Å². The molecule has 3 aromatic rings. The van der Waals surface area contributed by atoms with Crippen molar-refractivity contribution in [1.82, 2.24) is 4.98 Å². The molecule has 1 fully saturated rings. The summed E-state index contributed by atoms with van der Waals surface area (Å²) in [6, 6.07) is 11.4. The fourth-order valence-electron chi connectivity index (χ4n) is 3.45. The number of hydrogen-bond donors (Lipinski definition) is 2. The third-order valence-electron chi connectivity index (χ3n) is 5.04. The van der Waals surface area contributed by atoms with Crippen molar-refractivity contribution in [3.8, 4) is 10.8 Å². The van der Waals surface area contributed by atoms with Gasteiger partial charge < -0.3 is 20.4 Å². The van der Waals surface area contributed by atoms with Crippen LogP contribution in [-0.2, 0) is 16.0 Å². The largest absolute Gasteiger partial charge is 0.462 e. The van der Waals surface area contributed by atoms with Gasteiger partial charge in [0.2, 0.25) is 11.8 Å². The van der Waals surface area contributed by atoms with E-state index in [1.165, 1.54) is 11.3 Å². The molecule has 0 unspecified atom stereocenters. The lowest BCUT2D eigenvalue weighted by Gasteiger charge is -2.32. The van der Waals surface area contributed by atoms with Crippen LogP contribution < -0.4 is 16.0 Å². The standard InChI is InChI=1S/C21H22N4O3S/c22-20(27)14-7-9-25(10-8-14)17-5-3-15(4-6-17)23-19(26)12-16-13-29-21(24-16)18-2-1-11-28-18/h1-6,11,13-14H,7-10,12H2,(H2,22,27)(H,23,26). The Morgan fingerprint density at radius 3 is 2.62 bits per heavy atom. The molecule has 8 heteroatoms. The van der Waals surface area contributed by atoms with Crippen molar-refractivity contribution in [2.75, 3.05) is 23.3 Å². The Hall–Kier alpha value is -3.13. The molecule has 0 bridgehead atoms. The van der Waals surface area contributed by atoms with Gasteiger partial charge in [0, 0.05) is 35.8 Å². The summed E-state index contributed by atoms with van der Waals surface area (Å²) in [7, 11) is 0. The summed E-state index contributed by atoms with van der Waals surface area (Å²) in [5.74, 6) is 0.358. The van der Waals surface area contributed by atoms with Crippen molar-refractivity contribution in [2.45, 2.75) is 19.3 Å². The molecule has 1 saturated heterocycles. The molecule has 1 aliphatic rings. The summed E-state index contributed by atoms with van der Waals surface area (Å²) in [6.07, 6.45) is 3.37. The molecule has 3 heterocycles. The normalized spacial score (nSPS) is 14.7. The molecule has 4 rings (SSSR count). The third-order valence-corrected chi connectivity index (χ3v) is 5.94. The molecule has 1 aromatic carbocycles. The zero-order chi connectivity index (χ0) is 20.2. The van der Waals surface area contributed by atoms with Crippen LogP contribution in [0.2, 0.25) is 0 Å². The van der Waals surface area contributed by atoms with Crippen LogP contribution in [0.15, 0.2) is 52.5 Å². The van der Waals surface area contributed by atoms with Crippen molar-refractivity contribution in [3.05, 3.63) is 53.7 Å². The van der Waals surface area contributed by atoms with Gasteiger partial charge in [-0.1, -0.05) is 0 Å². The van der Waals surface area contributed by atoms with Crippen LogP contribution in [0.25, 0.3) is 10.8 Å². The number of carbonyl (C=O) groups is 2. The first-order chi connectivity index (χ1) is 14.1. The highest BCUT2D eigenvalue weighted by Crippen LogP contribution is 2.26. The van der Waals surface area contributed by atoms with Gasteiger partial charge >= 0.3 is 0 Å². The fraction of sp³-hybridized carbons (Fsp3) is 0.286. The summed E-state index contributed by atoms with van der Waals surface area (Å²) >= 11 is 1.46. The van der Waals surface area contributed by atoms with E-state index in [2.05, 4.69) is 15.2 Å². The lowest BCUT2D eigenvalue weighted by Crippen LogP contribution is -2.38. The molecule has 0 aliphatic carbocycles. The van der Waals surface area contributed by atoms with Gasteiger partial charge in [0.25, 0.3) is 0 Å². The SMILES string of the molecule is NC(=O)C1CCN(c2ccc(NC(=O)Cc3csc(-c4ccco4)n3)cc2)CC1. The predicted octanol–water partition coefficient (Wildman–Crippen LogP) is 3.29. The number of nitrogens with two attached hydrogens (primary N) is 1. The lowest BCUT2D eigenvalue weighted by molar-refractivity contribution is -0.122. The second-order valence-electron chi connectivity index (χ2n) is 7.06. The van der Waals surface area contributed by atoms with Crippen molar-refractivity contribution < 1.29 is 14.0 Å². The number of aromatic nitrogens is 1. The maximum atomic E-state index is 12.3. The number of piperidine rings is 1. The number of nitrogens with zero attached hydrogens (tertiary/aromatic N) is 2. The number of hydrogen-bond acceptors (Lipinski definition) is 6. The summed E-state index contributed by atoms with van der Waals surface area (Å²) in [5.41, 5.74) is 7.93. The van der Waals surface area contributed by atoms with Gasteiger partial charge in [0.15, 0.2) is 10.8 Å². The molecule has 150 valence electrons. The first-order valence-electron chi connectivity index (χ1n) is 9.51. The van der Waals surface area contributed by atoms with Crippen LogP contribution in [0.1, 0.15) is 18.5 Å². The summed E-state index contributed by atoms with van der Waals surface area (Å²) < 4.78 is 5.33. The zero-order valence-corrected chi connectivity index (χ0v) is 16.7. The molecule has 0 saturated carbocycles. The molecule has 29 heavy (non-hydrogen) atoms. The van der Waals surface area contributed by atoms with Crippen LogP contribution >= 0.6 is 11.3 Å². The van der Waals surface area contributed by atoms with Gasteiger partial charge in [0.1, 0.15) is 0 Å². The van der Waals surface area contributed by atoms with Crippen LogP contribution in [-0.4, -0.2) is 29.9 Å². The van der Waals surface area contributed by atoms with Crippen molar-refractivity contribution in [1.29, 1.82) is 0 Å². The topological polar surface area (TPSA) is 101 Å². The molecule has 0 atom stereocenters. The van der Waals surface area contributed by atoms with Crippen molar-refractivity contribution in [2.24, 2.45) is 11.7 Å². The van der Waals surface area contributed by atoms with Gasteiger partial charge in [-0.15, -0.1) is 11.3 Å². The number of thiazole rings is 1. The van der Waals surface area contributed by atoms with E-state index in [1.807, 2.05) is 41.8 Å². The van der Waals surface area contributed by atoms with Crippen LogP contribution in [0, 0.1) is 5.92 Å². The molecule has 0 spiro atoms. The number of anilines is 2. The van der Waals surface area contributed by atoms with E-state index in [4.69, 9.17) is 10.2 Å². The van der Waals surface area contributed by atoms with E-state index in [0.717, 1.165) is 42.3 Å². The number of rotatable bonds is 6. The molecule has 7 nitrogen and oxygen atoms in total. The van der Waals surface area contributed by atoms with Gasteiger partial charge in [-0.2, -0.15) is 0 Å². The minimum Gasteiger partial charge on any atom is -0.462 e. The van der Waals surface area contributed by atoms with E-state index in [0.29, 0.717) is 11.5 Å². The number of benzene rings is 1. The minimum atomic E-state index is -0.209. The molecular formula is C21H22N4O3S. The Morgan fingerprint density at radius 2 is 1.97 bits per heavy atom. The molecular weight excluding hydrogens is 388 g/mol. The van der Waals surface area contributed by atoms with E-state index in [9.17, 15) is 9.59 Å². The molecule has 2 aromatic heterocycles. The second-order valence-corrected chi connectivity index (χ2v) is 7.91. The summed E-state index contributed by atoms with van der Waals surface area (Å²) in [4.78, 5) is 30.3. The first kappa shape index (κ1) is 19.2. The average Bonchev–Trinajstić information content (AvgIpc) is 3.40. The second kappa shape index (κ2) is 8.48. The molecule has 1 aliphatic heterocycles. The maximum Gasteiger partial charge on any atom is 0.230 e. The molecule has 0 radical (unpaired) electrons. The lowest BCUT2D eigenvalue weighted by atomic mass is 9.96. The Kier molecular flexibility index (Phi) is 5.62. The number of amides is 2. The molecule has 2 amide bonds. The fourth-order valence-corrected chi connectivity index (χ4v) is 4.24. The number of carbonyl (C=O) groups excluding carboxylic acids is 2. The number of furan rings is 1. The quantitative estimate of drug-likeness (QED) is 0.649. The van der Waals surface area contributed by atoms with Gasteiger partial charge in [-0.05, 0) is 49.2 Å². The highest BCUT2D eigenvalue weighted by molar-refractivity contribution is 7.13. The Morgan fingerprint density at radius 1 is 1.21 bits per heavy atom. The Labute approximate surface area is 172 Å². The minimum absolute atomic E-state index is 0.0242. The van der Waals surface area contributed by atoms with Crippen molar-refractivity contribution in [3.63, 3.8) is 0 Å². The number of primary amides is 1. The maximum absolute atomic E-state index is 12.3. The summed E-state index contributed by atoms with van der Waals surface area (Å²) in [5, 5.41) is 5.55. The van der Waals surface area contributed by atoms with E-state index in [-0.39, 0.29) is 24.2 Å². The third kappa shape index (κ3) is 4.65. The van der Waals surface area contributed by atoms with Gasteiger partial charge in [-0.25, -0.2) is 4.98 Å². The average molecular weight is 410 g/mol. The highest BCUT2D eigenvalue weighted by atomic mass is 32.1. The van der Waals surface area contributed by atoms with E-state index in [1.54, 1.807) is 6.26 Å². The monoisotopic (exact) mass is 410 g/mol. The highest BCUT2D eigenvalue weighted by Gasteiger charge is 2.23. The van der Waals surface area contributed by atoms with E-state index < -0.39 is 0 Å². The Balaban J connectivity index is 1.31. The van der Waals surface area contributed by atoms with E-state index >= 15 is 0 Å². The van der Waals surface area contributed by atoms with Gasteiger partial charge in [-0.3, -0.25) is 9.59 Å². The summed E-state index contributed by atoms with van der Waals surface area (Å²) in [6.45, 7) is 1.61. The Bertz CT molecular complexity index is 974. The van der Waals surface area contributed by atoms with Crippen LogP contribution in [0.3, 0.4) is 0 Å². The van der Waals surface area contributed by atoms with Crippen molar-refractivity contribution >= 4 is 34.5 Å². The van der Waals surface area contributed by atoms with Gasteiger partial charge in [0.05, 0.1) is 18.4 Å². The van der Waals surface area contributed by atoms with Crippen LogP contribution in [0.4, 0.5) is 11.4 Å². The predicted molar refractivity (Wildman–Crippen MR) is 113 cm³/mol.